The predicted octanol–water partition coefficient (Wildman–Crippen LogP) is 3.46. The van der Waals surface area contributed by atoms with Gasteiger partial charge in [-0.25, -0.2) is 9.97 Å². The van der Waals surface area contributed by atoms with E-state index in [-0.39, 0.29) is 6.61 Å². The topological polar surface area (TPSA) is 58.0 Å². The highest BCUT2D eigenvalue weighted by molar-refractivity contribution is 9.10. The van der Waals surface area contributed by atoms with Gasteiger partial charge in [0.2, 0.25) is 0 Å². The first-order valence-electron chi connectivity index (χ1n) is 6.65. The first-order valence-corrected chi connectivity index (χ1v) is 7.44. The lowest BCUT2D eigenvalue weighted by atomic mass is 10.2. The van der Waals surface area contributed by atoms with Crippen LogP contribution < -0.4 is 5.32 Å². The van der Waals surface area contributed by atoms with Gasteiger partial charge >= 0.3 is 0 Å². The third-order valence-corrected chi connectivity index (χ3v) is 3.59. The molecule has 0 aliphatic carbocycles. The summed E-state index contributed by atoms with van der Waals surface area (Å²) in [5, 5.41) is 13.1. The van der Waals surface area contributed by atoms with Gasteiger partial charge in [0.15, 0.2) is 5.82 Å². The molecule has 21 heavy (non-hydrogen) atoms. The largest absolute Gasteiger partial charge is 0.395 e. The summed E-state index contributed by atoms with van der Waals surface area (Å²) in [6.45, 7) is 0.507. The number of hydrogen-bond acceptors (Lipinski definition) is 4. The van der Waals surface area contributed by atoms with Crippen molar-refractivity contribution in [3.05, 3.63) is 53.0 Å². The number of anilines is 1. The lowest BCUT2D eigenvalue weighted by Gasteiger charge is -2.10. The van der Waals surface area contributed by atoms with Crippen LogP contribution in [0.4, 0.5) is 5.82 Å². The van der Waals surface area contributed by atoms with Crippen LogP contribution in [0.5, 0.6) is 0 Å². The fourth-order valence-corrected chi connectivity index (χ4v) is 2.49. The lowest BCUT2D eigenvalue weighted by Crippen LogP contribution is -2.08. The van der Waals surface area contributed by atoms with E-state index in [4.69, 9.17) is 5.11 Å². The molecule has 0 bridgehead atoms. The third-order valence-electron chi connectivity index (χ3n) is 3.09. The molecule has 0 unspecified atom stereocenters. The lowest BCUT2D eigenvalue weighted by molar-refractivity contribution is 0.311. The molecule has 106 valence electrons. The van der Waals surface area contributed by atoms with Gasteiger partial charge in [0.25, 0.3) is 0 Å². The molecule has 0 atom stereocenters. The van der Waals surface area contributed by atoms with Crippen LogP contribution in [0.1, 0.15) is 0 Å². The maximum absolute atomic E-state index is 9.03. The summed E-state index contributed by atoms with van der Waals surface area (Å²) in [5.41, 5.74) is 1.84. The first kappa shape index (κ1) is 14.0. The highest BCUT2D eigenvalue weighted by Gasteiger charge is 2.09. The molecule has 0 radical (unpaired) electrons. The number of nitrogens with zero attached hydrogens (tertiary/aromatic N) is 2. The van der Waals surface area contributed by atoms with Crippen molar-refractivity contribution in [1.29, 1.82) is 0 Å². The van der Waals surface area contributed by atoms with E-state index in [0.717, 1.165) is 26.8 Å². The van der Waals surface area contributed by atoms with Crippen LogP contribution in [0.2, 0.25) is 0 Å². The Morgan fingerprint density at radius 3 is 2.62 bits per heavy atom. The van der Waals surface area contributed by atoms with Crippen molar-refractivity contribution < 1.29 is 5.11 Å². The van der Waals surface area contributed by atoms with Crippen LogP contribution >= 0.6 is 15.9 Å². The first-order chi connectivity index (χ1) is 10.3. The van der Waals surface area contributed by atoms with Gasteiger partial charge in [0, 0.05) is 22.0 Å². The van der Waals surface area contributed by atoms with Crippen molar-refractivity contribution in [2.24, 2.45) is 0 Å². The van der Waals surface area contributed by atoms with Gasteiger partial charge in [-0.3, -0.25) is 0 Å². The molecule has 0 saturated carbocycles. The summed E-state index contributed by atoms with van der Waals surface area (Å²) < 4.78 is 0.970. The van der Waals surface area contributed by atoms with E-state index in [1.165, 1.54) is 0 Å². The van der Waals surface area contributed by atoms with Gasteiger partial charge in [-0.05, 0) is 18.2 Å². The molecule has 0 aliphatic heterocycles. The van der Waals surface area contributed by atoms with Crippen LogP contribution in [0.15, 0.2) is 53.0 Å². The van der Waals surface area contributed by atoms with Gasteiger partial charge in [-0.15, -0.1) is 0 Å². The quantitative estimate of drug-likeness (QED) is 0.761. The number of aliphatic hydroxyl groups is 1. The minimum absolute atomic E-state index is 0.0557. The molecule has 0 amide bonds. The van der Waals surface area contributed by atoms with E-state index < -0.39 is 0 Å². The van der Waals surface area contributed by atoms with E-state index in [1.807, 2.05) is 48.5 Å². The van der Waals surface area contributed by atoms with Crippen molar-refractivity contribution in [2.75, 3.05) is 18.5 Å². The van der Waals surface area contributed by atoms with Crippen LogP contribution in [-0.2, 0) is 0 Å². The monoisotopic (exact) mass is 343 g/mol. The highest BCUT2D eigenvalue weighted by Crippen LogP contribution is 2.27. The summed E-state index contributed by atoms with van der Waals surface area (Å²) in [6, 6.07) is 15.7. The van der Waals surface area contributed by atoms with Crippen LogP contribution in [0.25, 0.3) is 22.3 Å². The number of aliphatic hydroxyl groups excluding tert-OH is 1. The molecule has 2 aromatic carbocycles. The molecule has 3 aromatic rings. The Kier molecular flexibility index (Phi) is 4.13. The number of aromatic nitrogens is 2. The van der Waals surface area contributed by atoms with Gasteiger partial charge < -0.3 is 10.4 Å². The van der Waals surface area contributed by atoms with E-state index in [2.05, 4.69) is 31.2 Å². The second-order valence-electron chi connectivity index (χ2n) is 4.57. The van der Waals surface area contributed by atoms with Crippen molar-refractivity contribution in [1.82, 2.24) is 9.97 Å². The zero-order valence-electron chi connectivity index (χ0n) is 11.3. The normalized spacial score (nSPS) is 10.8. The average molecular weight is 344 g/mol. The molecule has 0 fully saturated rings. The second kappa shape index (κ2) is 6.20. The summed E-state index contributed by atoms with van der Waals surface area (Å²) in [6.07, 6.45) is 0. The maximum atomic E-state index is 9.03. The molecule has 5 heteroatoms. The Labute approximate surface area is 131 Å². The number of rotatable bonds is 4. The van der Waals surface area contributed by atoms with Crippen molar-refractivity contribution >= 4 is 32.7 Å². The van der Waals surface area contributed by atoms with E-state index >= 15 is 0 Å². The van der Waals surface area contributed by atoms with E-state index in [0.29, 0.717) is 12.4 Å². The molecular formula is C16H14BrN3O. The Hall–Kier alpha value is -1.98. The zero-order chi connectivity index (χ0) is 14.7. The molecule has 0 aliphatic rings. The third kappa shape index (κ3) is 3.04. The molecule has 0 spiro atoms. The summed E-state index contributed by atoms with van der Waals surface area (Å²) >= 11 is 3.47. The minimum atomic E-state index is 0.0557. The minimum Gasteiger partial charge on any atom is -0.395 e. The zero-order valence-corrected chi connectivity index (χ0v) is 12.8. The van der Waals surface area contributed by atoms with Crippen LogP contribution in [-0.4, -0.2) is 28.2 Å². The second-order valence-corrected chi connectivity index (χ2v) is 5.49. The number of hydrogen-bond donors (Lipinski definition) is 2. The Morgan fingerprint density at radius 1 is 1.05 bits per heavy atom. The van der Waals surface area contributed by atoms with Crippen molar-refractivity contribution in [3.63, 3.8) is 0 Å². The Balaban J connectivity index is 2.17. The summed E-state index contributed by atoms with van der Waals surface area (Å²) in [5.74, 6) is 1.40. The van der Waals surface area contributed by atoms with Crippen molar-refractivity contribution in [3.8, 4) is 11.4 Å². The molecule has 2 N–H and O–H groups in total. The summed E-state index contributed by atoms with van der Waals surface area (Å²) in [4.78, 5) is 9.22. The average Bonchev–Trinajstić information content (AvgIpc) is 2.53. The summed E-state index contributed by atoms with van der Waals surface area (Å²) in [7, 11) is 0. The number of nitrogens with one attached hydrogen (secondary N) is 1. The SMILES string of the molecule is OCCNc1nc(-c2ccccc2)nc2ccc(Br)cc12. The number of benzene rings is 2. The molecule has 3 rings (SSSR count). The molecule has 0 saturated heterocycles. The highest BCUT2D eigenvalue weighted by atomic mass is 79.9. The molecular weight excluding hydrogens is 330 g/mol. The van der Waals surface area contributed by atoms with Gasteiger partial charge in [-0.1, -0.05) is 46.3 Å². The molecule has 4 nitrogen and oxygen atoms in total. The van der Waals surface area contributed by atoms with Crippen molar-refractivity contribution in [2.45, 2.75) is 0 Å². The molecule has 1 aromatic heterocycles. The van der Waals surface area contributed by atoms with Crippen LogP contribution in [0, 0.1) is 0 Å². The standard InChI is InChI=1S/C16H14BrN3O/c17-12-6-7-14-13(10-12)16(18-8-9-21)20-15(19-14)11-4-2-1-3-5-11/h1-7,10,21H,8-9H2,(H,18,19,20). The van der Waals surface area contributed by atoms with E-state index in [9.17, 15) is 0 Å². The predicted molar refractivity (Wildman–Crippen MR) is 88.2 cm³/mol. The number of fused-ring (bicyclic) bond motifs is 1. The smallest absolute Gasteiger partial charge is 0.162 e. The van der Waals surface area contributed by atoms with E-state index in [1.54, 1.807) is 0 Å². The maximum Gasteiger partial charge on any atom is 0.162 e. The van der Waals surface area contributed by atoms with Crippen LogP contribution in [0.3, 0.4) is 0 Å². The van der Waals surface area contributed by atoms with Gasteiger partial charge in [0.05, 0.1) is 12.1 Å². The fraction of sp³-hybridized carbons (Fsp3) is 0.125. The Morgan fingerprint density at radius 2 is 1.86 bits per heavy atom. The molecule has 1 heterocycles. The van der Waals surface area contributed by atoms with Gasteiger partial charge in [-0.2, -0.15) is 0 Å². The fourth-order valence-electron chi connectivity index (χ4n) is 2.13. The van der Waals surface area contributed by atoms with Gasteiger partial charge in [0.1, 0.15) is 5.82 Å². The number of halogens is 1. The Bertz CT molecular complexity index is 762.